The van der Waals surface area contributed by atoms with Crippen molar-refractivity contribution in [2.75, 3.05) is 26.7 Å². The van der Waals surface area contributed by atoms with Gasteiger partial charge in [0.25, 0.3) is 0 Å². The molecule has 0 N–H and O–H groups in total. The molecular weight excluding hydrogens is 443 g/mol. The highest BCUT2D eigenvalue weighted by Gasteiger charge is 2.54. The Labute approximate surface area is 201 Å². The summed E-state index contributed by atoms with van der Waals surface area (Å²) < 4.78 is 25.4. The second-order valence-corrected chi connectivity index (χ2v) is 9.61. The van der Waals surface area contributed by atoms with Crippen LogP contribution in [0.2, 0.25) is 0 Å². The molecule has 5 nitrogen and oxygen atoms in total. The van der Waals surface area contributed by atoms with Gasteiger partial charge in [0.15, 0.2) is 0 Å². The summed E-state index contributed by atoms with van der Waals surface area (Å²) in [6.07, 6.45) is 4.55. The number of hydrogen-bond donors (Lipinski definition) is 0. The number of benzene rings is 2. The average Bonchev–Trinajstić information content (AvgIpc) is 3.59. The zero-order chi connectivity index (χ0) is 22.1. The highest BCUT2D eigenvalue weighted by atomic mass is 35.5. The summed E-state index contributed by atoms with van der Waals surface area (Å²) in [5.41, 5.74) is 1.57. The zero-order valence-electron chi connectivity index (χ0n) is 19.0. The van der Waals surface area contributed by atoms with Crippen LogP contribution >= 0.6 is 12.4 Å². The lowest BCUT2D eigenvalue weighted by molar-refractivity contribution is -0.0165. The highest BCUT2D eigenvalue weighted by Crippen LogP contribution is 2.41. The van der Waals surface area contributed by atoms with E-state index in [1.165, 1.54) is 25.0 Å². The number of likely N-dealkylation sites (tertiary alicyclic amines) is 1. The number of hydrogen-bond acceptors (Lipinski definition) is 4. The monoisotopic (exact) mass is 474 g/mol. The molecule has 2 saturated heterocycles. The van der Waals surface area contributed by atoms with Crippen molar-refractivity contribution in [2.45, 2.75) is 50.3 Å². The summed E-state index contributed by atoms with van der Waals surface area (Å²) in [4.78, 5) is 17.2. The van der Waals surface area contributed by atoms with Crippen LogP contribution in [-0.4, -0.2) is 54.3 Å². The maximum absolute atomic E-state index is 13.4. The van der Waals surface area contributed by atoms with E-state index in [0.29, 0.717) is 18.9 Å². The number of amides is 1. The molecule has 1 unspecified atom stereocenters. The quantitative estimate of drug-likeness (QED) is 0.562. The van der Waals surface area contributed by atoms with Crippen LogP contribution in [0.15, 0.2) is 48.5 Å². The smallest absolute Gasteiger partial charge is 0.411 e. The van der Waals surface area contributed by atoms with E-state index in [2.05, 4.69) is 11.9 Å². The molecule has 1 spiro atoms. The highest BCUT2D eigenvalue weighted by molar-refractivity contribution is 5.85. The van der Waals surface area contributed by atoms with Crippen molar-refractivity contribution in [1.82, 2.24) is 9.80 Å². The Balaban J connectivity index is 0.00000259. The van der Waals surface area contributed by atoms with Crippen molar-refractivity contribution in [3.05, 3.63) is 65.5 Å². The summed E-state index contributed by atoms with van der Waals surface area (Å²) in [5, 5.41) is 0. The number of piperidine rings is 1. The number of carbonyl (C=O) groups excluding carboxylic acids is 1. The van der Waals surface area contributed by atoms with Gasteiger partial charge in [-0.2, -0.15) is 0 Å². The maximum Gasteiger partial charge on any atom is 0.411 e. The minimum Gasteiger partial charge on any atom is -0.493 e. The Morgan fingerprint density at radius 3 is 2.30 bits per heavy atom. The van der Waals surface area contributed by atoms with Crippen LogP contribution in [-0.2, 0) is 17.7 Å². The number of nitrogens with zero attached hydrogens (tertiary/aromatic N) is 2. The molecule has 0 aromatic heterocycles. The van der Waals surface area contributed by atoms with Gasteiger partial charge in [-0.25, -0.2) is 9.18 Å². The van der Waals surface area contributed by atoms with Gasteiger partial charge in [-0.05, 0) is 67.6 Å². The van der Waals surface area contributed by atoms with Crippen molar-refractivity contribution >= 4 is 18.5 Å². The van der Waals surface area contributed by atoms with Gasteiger partial charge in [-0.3, -0.25) is 4.90 Å². The van der Waals surface area contributed by atoms with E-state index in [4.69, 9.17) is 9.47 Å². The summed E-state index contributed by atoms with van der Waals surface area (Å²) in [7, 11) is 2.10. The lowest BCUT2D eigenvalue weighted by atomic mass is 9.81. The van der Waals surface area contributed by atoms with Crippen molar-refractivity contribution in [2.24, 2.45) is 5.92 Å². The van der Waals surface area contributed by atoms with Crippen LogP contribution in [0.5, 0.6) is 5.75 Å². The van der Waals surface area contributed by atoms with Gasteiger partial charge >= 0.3 is 6.09 Å². The number of ether oxygens (including phenoxy) is 2. The topological polar surface area (TPSA) is 42.0 Å². The minimum absolute atomic E-state index is 0. The average molecular weight is 475 g/mol. The molecule has 2 aromatic carbocycles. The van der Waals surface area contributed by atoms with Crippen LogP contribution in [0.25, 0.3) is 0 Å². The normalized spacial score (nSPS) is 22.2. The van der Waals surface area contributed by atoms with Gasteiger partial charge in [0.2, 0.25) is 0 Å². The third-order valence-corrected chi connectivity index (χ3v) is 7.14. The van der Waals surface area contributed by atoms with Crippen LogP contribution in [0.3, 0.4) is 0 Å². The predicted octanol–water partition coefficient (Wildman–Crippen LogP) is 5.06. The number of rotatable bonds is 7. The first-order chi connectivity index (χ1) is 15.5. The summed E-state index contributed by atoms with van der Waals surface area (Å²) in [6, 6.07) is 14.5. The summed E-state index contributed by atoms with van der Waals surface area (Å²) in [6.45, 7) is 3.07. The van der Waals surface area contributed by atoms with E-state index in [0.717, 1.165) is 49.4 Å². The number of halogens is 2. The molecule has 178 valence electrons. The lowest BCUT2D eigenvalue weighted by Gasteiger charge is -2.40. The van der Waals surface area contributed by atoms with E-state index >= 15 is 0 Å². The first kappa shape index (κ1) is 23.8. The van der Waals surface area contributed by atoms with Crippen LogP contribution in [0, 0.1) is 11.7 Å². The molecule has 0 radical (unpaired) electrons. The molecule has 0 bridgehead atoms. The van der Waals surface area contributed by atoms with Crippen molar-refractivity contribution in [1.29, 1.82) is 0 Å². The largest absolute Gasteiger partial charge is 0.493 e. The van der Waals surface area contributed by atoms with E-state index in [1.807, 2.05) is 41.3 Å². The number of carbonyl (C=O) groups is 1. The first-order valence-electron chi connectivity index (χ1n) is 11.7. The zero-order valence-corrected chi connectivity index (χ0v) is 19.9. The second kappa shape index (κ2) is 9.90. The van der Waals surface area contributed by atoms with E-state index in [1.54, 1.807) is 0 Å². The van der Waals surface area contributed by atoms with Crippen molar-refractivity contribution < 1.29 is 18.7 Å². The van der Waals surface area contributed by atoms with Gasteiger partial charge in [0, 0.05) is 32.5 Å². The SMILES string of the molecule is CN1CCC2(CC1)OC(=O)N(Cc1ccc(OCC3CC3)cc1)C2Cc1ccc(F)cc1.Cl. The molecule has 2 aliphatic heterocycles. The molecule has 2 heterocycles. The molecule has 3 aliphatic rings. The molecule has 2 aromatic rings. The standard InChI is InChI=1S/C26H31FN2O3.ClH/c1-28-14-12-26(13-15-28)24(16-19-4-8-22(27)9-5-19)29(25(30)32-26)17-20-6-10-23(11-7-20)31-18-21-2-3-21;/h4-11,21,24H,2-3,12-18H2,1H3;1H. The molecule has 1 saturated carbocycles. The molecule has 1 atom stereocenters. The van der Waals surface area contributed by atoms with Gasteiger partial charge in [0.1, 0.15) is 17.2 Å². The Hall–Kier alpha value is -2.31. The lowest BCUT2D eigenvalue weighted by Crippen LogP contribution is -2.52. The summed E-state index contributed by atoms with van der Waals surface area (Å²) in [5.74, 6) is 1.34. The van der Waals surface area contributed by atoms with Crippen molar-refractivity contribution in [3.8, 4) is 5.75 Å². The fraction of sp³-hybridized carbons (Fsp3) is 0.500. The van der Waals surface area contributed by atoms with E-state index < -0.39 is 5.60 Å². The molecule has 1 aliphatic carbocycles. The van der Waals surface area contributed by atoms with Crippen LogP contribution in [0.1, 0.15) is 36.8 Å². The van der Waals surface area contributed by atoms with Gasteiger partial charge in [0.05, 0.1) is 12.6 Å². The second-order valence-electron chi connectivity index (χ2n) is 9.61. The molecule has 33 heavy (non-hydrogen) atoms. The van der Waals surface area contributed by atoms with Gasteiger partial charge in [-0.15, -0.1) is 12.4 Å². The van der Waals surface area contributed by atoms with Crippen LogP contribution in [0.4, 0.5) is 9.18 Å². The predicted molar refractivity (Wildman–Crippen MR) is 127 cm³/mol. The molecule has 7 heteroatoms. The van der Waals surface area contributed by atoms with Crippen LogP contribution < -0.4 is 4.74 Å². The van der Waals surface area contributed by atoms with Crippen molar-refractivity contribution in [3.63, 3.8) is 0 Å². The van der Waals surface area contributed by atoms with E-state index in [-0.39, 0.29) is 30.4 Å². The Kier molecular flexibility index (Phi) is 7.15. The fourth-order valence-corrected chi connectivity index (χ4v) is 4.85. The fourth-order valence-electron chi connectivity index (χ4n) is 4.85. The van der Waals surface area contributed by atoms with Gasteiger partial charge in [-0.1, -0.05) is 24.3 Å². The third kappa shape index (κ3) is 5.44. The van der Waals surface area contributed by atoms with E-state index in [9.17, 15) is 9.18 Å². The summed E-state index contributed by atoms with van der Waals surface area (Å²) >= 11 is 0. The molecule has 5 rings (SSSR count). The Bertz CT molecular complexity index is 941. The minimum atomic E-state index is -0.495. The first-order valence-corrected chi connectivity index (χ1v) is 11.7. The Morgan fingerprint density at radius 1 is 1.03 bits per heavy atom. The molecular formula is C26H32ClFN2O3. The van der Waals surface area contributed by atoms with Gasteiger partial charge < -0.3 is 14.4 Å². The molecule has 1 amide bonds. The maximum atomic E-state index is 13.4. The molecule has 3 fully saturated rings. The Morgan fingerprint density at radius 2 is 1.67 bits per heavy atom. The third-order valence-electron chi connectivity index (χ3n) is 7.14.